The summed E-state index contributed by atoms with van der Waals surface area (Å²) in [6, 6.07) is 12.6. The smallest absolute Gasteiger partial charge is 0.244 e. The molecule has 2 rings (SSSR count). The zero-order chi connectivity index (χ0) is 26.4. The van der Waals surface area contributed by atoms with Gasteiger partial charge in [0, 0.05) is 12.1 Å². The Morgan fingerprint density at radius 1 is 0.943 bits per heavy atom. The van der Waals surface area contributed by atoms with Crippen LogP contribution in [0.25, 0.3) is 0 Å². The lowest BCUT2D eigenvalue weighted by molar-refractivity contribution is -0.140. The first kappa shape index (κ1) is 28.0. The summed E-state index contributed by atoms with van der Waals surface area (Å²) in [5.41, 5.74) is 0.588. The minimum Gasteiger partial charge on any atom is -0.497 e. The number of nitrogens with zero attached hydrogens (tertiary/aromatic N) is 2. The van der Waals surface area contributed by atoms with Crippen molar-refractivity contribution in [2.45, 2.75) is 45.8 Å². The van der Waals surface area contributed by atoms with E-state index in [0.29, 0.717) is 17.2 Å². The van der Waals surface area contributed by atoms with Crippen LogP contribution in [0.4, 0.5) is 5.69 Å². The number of sulfonamides is 1. The molecule has 0 bridgehead atoms. The lowest BCUT2D eigenvalue weighted by Crippen LogP contribution is -2.54. The molecule has 9 nitrogen and oxygen atoms in total. The van der Waals surface area contributed by atoms with Gasteiger partial charge in [-0.2, -0.15) is 0 Å². The van der Waals surface area contributed by atoms with Crippen molar-refractivity contribution in [3.8, 4) is 11.5 Å². The first-order valence-corrected chi connectivity index (χ1v) is 13.0. The lowest BCUT2D eigenvalue weighted by Gasteiger charge is -2.33. The maximum absolute atomic E-state index is 13.5. The third kappa shape index (κ3) is 8.17. The van der Waals surface area contributed by atoms with E-state index >= 15 is 0 Å². The second-order valence-electron chi connectivity index (χ2n) is 9.25. The monoisotopic (exact) mass is 505 g/mol. The summed E-state index contributed by atoms with van der Waals surface area (Å²) in [6.45, 7) is 6.82. The molecule has 0 saturated carbocycles. The highest BCUT2D eigenvalue weighted by atomic mass is 32.2. The molecule has 10 heteroatoms. The van der Waals surface area contributed by atoms with Crippen LogP contribution in [0.3, 0.4) is 0 Å². The molecule has 0 aliphatic heterocycles. The molecule has 1 unspecified atom stereocenters. The molecule has 0 aliphatic rings. The van der Waals surface area contributed by atoms with Crippen molar-refractivity contribution in [3.05, 3.63) is 54.1 Å². The average molecular weight is 506 g/mol. The molecule has 0 heterocycles. The number of carbonyl (C=O) groups excluding carboxylic acids is 2. The van der Waals surface area contributed by atoms with Crippen molar-refractivity contribution < 1.29 is 27.5 Å². The van der Waals surface area contributed by atoms with Gasteiger partial charge in [0.05, 0.1) is 26.2 Å². The molecule has 1 atom stereocenters. The third-order valence-electron chi connectivity index (χ3n) is 5.22. The Bertz CT molecular complexity index is 1110. The van der Waals surface area contributed by atoms with Crippen LogP contribution in [0.5, 0.6) is 11.5 Å². The molecular weight excluding hydrogens is 470 g/mol. The van der Waals surface area contributed by atoms with Crippen LogP contribution in [0, 0.1) is 0 Å². The molecule has 0 saturated heterocycles. The van der Waals surface area contributed by atoms with Gasteiger partial charge in [0.2, 0.25) is 21.8 Å². The second kappa shape index (κ2) is 11.4. The SMILES string of the molecule is COc1ccc(CN(C(=O)CN(c2ccc(OC)cc2)S(C)(=O)=O)C(C)C(=O)NC(C)(C)C)cc1. The zero-order valence-corrected chi connectivity index (χ0v) is 22.2. The number of ether oxygens (including phenoxy) is 2. The predicted octanol–water partition coefficient (Wildman–Crippen LogP) is 2.80. The predicted molar refractivity (Wildman–Crippen MR) is 136 cm³/mol. The largest absolute Gasteiger partial charge is 0.497 e. The number of carbonyl (C=O) groups is 2. The molecule has 0 radical (unpaired) electrons. The molecule has 35 heavy (non-hydrogen) atoms. The van der Waals surface area contributed by atoms with E-state index in [9.17, 15) is 18.0 Å². The Morgan fingerprint density at radius 2 is 1.43 bits per heavy atom. The maximum Gasteiger partial charge on any atom is 0.244 e. The van der Waals surface area contributed by atoms with Crippen LogP contribution in [0.15, 0.2) is 48.5 Å². The number of rotatable bonds is 10. The molecule has 192 valence electrons. The van der Waals surface area contributed by atoms with Crippen molar-refractivity contribution in [1.29, 1.82) is 0 Å². The zero-order valence-electron chi connectivity index (χ0n) is 21.4. The van der Waals surface area contributed by atoms with E-state index in [-0.39, 0.29) is 12.5 Å². The molecule has 2 aromatic carbocycles. The second-order valence-corrected chi connectivity index (χ2v) is 11.2. The quantitative estimate of drug-likeness (QED) is 0.532. The molecule has 0 fully saturated rings. The number of benzene rings is 2. The van der Waals surface area contributed by atoms with E-state index in [1.165, 1.54) is 12.0 Å². The summed E-state index contributed by atoms with van der Waals surface area (Å²) < 4.78 is 36.5. The normalized spacial score (nSPS) is 12.4. The van der Waals surface area contributed by atoms with Gasteiger partial charge in [-0.3, -0.25) is 13.9 Å². The highest BCUT2D eigenvalue weighted by molar-refractivity contribution is 7.92. The highest BCUT2D eigenvalue weighted by Gasteiger charge is 2.31. The number of anilines is 1. The molecule has 1 N–H and O–H groups in total. The van der Waals surface area contributed by atoms with Crippen LogP contribution in [-0.4, -0.2) is 63.7 Å². The van der Waals surface area contributed by atoms with Gasteiger partial charge in [0.25, 0.3) is 0 Å². The van der Waals surface area contributed by atoms with Crippen molar-refractivity contribution in [3.63, 3.8) is 0 Å². The minimum atomic E-state index is -3.79. The van der Waals surface area contributed by atoms with Crippen molar-refractivity contribution in [2.75, 3.05) is 31.3 Å². The average Bonchev–Trinajstić information content (AvgIpc) is 2.79. The molecule has 2 aromatic rings. The molecule has 0 spiro atoms. The Morgan fingerprint density at radius 3 is 1.86 bits per heavy atom. The highest BCUT2D eigenvalue weighted by Crippen LogP contribution is 2.22. The Labute approximate surface area is 208 Å². The third-order valence-corrected chi connectivity index (χ3v) is 6.36. The van der Waals surface area contributed by atoms with Gasteiger partial charge in [-0.15, -0.1) is 0 Å². The minimum absolute atomic E-state index is 0.113. The van der Waals surface area contributed by atoms with Gasteiger partial charge in [-0.25, -0.2) is 8.42 Å². The Hall–Kier alpha value is -3.27. The topological polar surface area (TPSA) is 105 Å². The first-order chi connectivity index (χ1) is 16.2. The fourth-order valence-corrected chi connectivity index (χ4v) is 4.20. The van der Waals surface area contributed by atoms with Gasteiger partial charge >= 0.3 is 0 Å². The van der Waals surface area contributed by atoms with Gasteiger partial charge in [0.15, 0.2) is 0 Å². The Kier molecular flexibility index (Phi) is 9.14. The van der Waals surface area contributed by atoms with Crippen LogP contribution in [0.2, 0.25) is 0 Å². The van der Waals surface area contributed by atoms with Crippen LogP contribution in [0.1, 0.15) is 33.3 Å². The summed E-state index contributed by atoms with van der Waals surface area (Å²) in [6.07, 6.45) is 1.04. The summed E-state index contributed by atoms with van der Waals surface area (Å²) in [5, 5.41) is 2.89. The molecular formula is C25H35N3O6S. The summed E-state index contributed by atoms with van der Waals surface area (Å²) >= 11 is 0. The summed E-state index contributed by atoms with van der Waals surface area (Å²) in [4.78, 5) is 27.9. The number of nitrogens with one attached hydrogen (secondary N) is 1. The fourth-order valence-electron chi connectivity index (χ4n) is 3.35. The van der Waals surface area contributed by atoms with Gasteiger partial charge in [-0.1, -0.05) is 12.1 Å². The first-order valence-electron chi connectivity index (χ1n) is 11.1. The van der Waals surface area contributed by atoms with E-state index in [1.54, 1.807) is 62.6 Å². The van der Waals surface area contributed by atoms with E-state index in [2.05, 4.69) is 5.32 Å². The fraction of sp³-hybridized carbons (Fsp3) is 0.440. The van der Waals surface area contributed by atoms with Crippen LogP contribution < -0.4 is 19.1 Å². The van der Waals surface area contributed by atoms with Crippen molar-refractivity contribution in [2.24, 2.45) is 0 Å². The number of amides is 2. The van der Waals surface area contributed by atoms with E-state index in [0.717, 1.165) is 16.1 Å². The maximum atomic E-state index is 13.5. The number of hydrogen-bond acceptors (Lipinski definition) is 6. The Balaban J connectivity index is 2.39. The van der Waals surface area contributed by atoms with Gasteiger partial charge in [0.1, 0.15) is 24.1 Å². The van der Waals surface area contributed by atoms with Crippen LogP contribution >= 0.6 is 0 Å². The number of hydrogen-bond donors (Lipinski definition) is 1. The van der Waals surface area contributed by atoms with Gasteiger partial charge < -0.3 is 19.7 Å². The molecule has 0 aliphatic carbocycles. The van der Waals surface area contributed by atoms with Crippen molar-refractivity contribution in [1.82, 2.24) is 10.2 Å². The number of methoxy groups -OCH3 is 2. The summed E-state index contributed by atoms with van der Waals surface area (Å²) in [5.74, 6) is 0.364. The molecule has 0 aromatic heterocycles. The molecule has 2 amide bonds. The van der Waals surface area contributed by atoms with Crippen molar-refractivity contribution >= 4 is 27.5 Å². The summed E-state index contributed by atoms with van der Waals surface area (Å²) in [7, 11) is -0.729. The van der Waals surface area contributed by atoms with Crippen LogP contribution in [-0.2, 0) is 26.2 Å². The lowest BCUT2D eigenvalue weighted by atomic mass is 10.1. The standard InChI is InChI=1S/C25H35N3O6S/c1-18(24(30)26-25(2,3)4)27(16-19-8-12-21(33-5)13-9-19)23(29)17-28(35(7,31)32)20-10-14-22(34-6)15-11-20/h8-15,18H,16-17H2,1-7H3,(H,26,30). The van der Waals surface area contributed by atoms with E-state index in [1.807, 2.05) is 20.8 Å². The van der Waals surface area contributed by atoms with E-state index in [4.69, 9.17) is 9.47 Å². The van der Waals surface area contributed by atoms with Gasteiger partial charge in [-0.05, 0) is 69.7 Å². The van der Waals surface area contributed by atoms with E-state index < -0.39 is 34.1 Å².